The molecule has 2 rings (SSSR count). The molecule has 2 heterocycles. The van der Waals surface area contributed by atoms with Crippen molar-refractivity contribution in [1.29, 1.82) is 0 Å². The van der Waals surface area contributed by atoms with Crippen LogP contribution in [-0.4, -0.2) is 37.6 Å². The third-order valence-corrected chi connectivity index (χ3v) is 2.92. The maximum atomic E-state index is 11.5. The molecule has 0 aromatic carbocycles. The minimum atomic E-state index is -0.339. The van der Waals surface area contributed by atoms with Gasteiger partial charge in [-0.25, -0.2) is 0 Å². The van der Waals surface area contributed by atoms with Crippen LogP contribution in [0.1, 0.15) is 18.6 Å². The molecule has 1 aliphatic rings. The number of rotatable bonds is 6. The fraction of sp³-hybridized carbons (Fsp3) is 0.429. The van der Waals surface area contributed by atoms with Crippen LogP contribution in [0.2, 0.25) is 0 Å². The first-order chi connectivity index (χ1) is 9.74. The van der Waals surface area contributed by atoms with E-state index in [9.17, 15) is 9.59 Å². The van der Waals surface area contributed by atoms with E-state index in [1.807, 2.05) is 0 Å². The number of hydrogen-bond donors (Lipinski definition) is 2. The minimum absolute atomic E-state index is 0.0476. The number of carbonyl (C=O) groups is 2. The van der Waals surface area contributed by atoms with E-state index in [2.05, 4.69) is 10.6 Å². The van der Waals surface area contributed by atoms with Gasteiger partial charge in [-0.1, -0.05) is 0 Å². The van der Waals surface area contributed by atoms with Crippen molar-refractivity contribution >= 4 is 17.9 Å². The van der Waals surface area contributed by atoms with E-state index in [0.29, 0.717) is 12.3 Å². The lowest BCUT2D eigenvalue weighted by molar-refractivity contribution is -0.124. The Kier molecular flexibility index (Phi) is 5.37. The van der Waals surface area contributed by atoms with Crippen molar-refractivity contribution in [1.82, 2.24) is 10.6 Å². The topological polar surface area (TPSA) is 80.6 Å². The van der Waals surface area contributed by atoms with Gasteiger partial charge in [0.05, 0.1) is 18.9 Å². The Bertz CT molecular complexity index is 462. The fourth-order valence-electron chi connectivity index (χ4n) is 1.87. The zero-order valence-corrected chi connectivity index (χ0v) is 11.1. The second kappa shape index (κ2) is 7.49. The van der Waals surface area contributed by atoms with Gasteiger partial charge in [-0.15, -0.1) is 0 Å². The van der Waals surface area contributed by atoms with Gasteiger partial charge in [0.25, 0.3) is 0 Å². The van der Waals surface area contributed by atoms with Crippen molar-refractivity contribution in [3.8, 4) is 0 Å². The van der Waals surface area contributed by atoms with E-state index >= 15 is 0 Å². The van der Waals surface area contributed by atoms with Crippen LogP contribution in [0.3, 0.4) is 0 Å². The van der Waals surface area contributed by atoms with Gasteiger partial charge in [-0.2, -0.15) is 0 Å². The molecule has 0 saturated carbocycles. The lowest BCUT2D eigenvalue weighted by Gasteiger charge is -2.10. The zero-order chi connectivity index (χ0) is 14.2. The molecule has 20 heavy (non-hydrogen) atoms. The molecule has 1 aromatic heterocycles. The summed E-state index contributed by atoms with van der Waals surface area (Å²) >= 11 is 0. The Balaban J connectivity index is 1.61. The number of nitrogens with one attached hydrogen (secondary N) is 2. The van der Waals surface area contributed by atoms with E-state index in [4.69, 9.17) is 9.15 Å². The predicted molar refractivity (Wildman–Crippen MR) is 72.7 cm³/mol. The Morgan fingerprint density at radius 2 is 2.30 bits per heavy atom. The van der Waals surface area contributed by atoms with Gasteiger partial charge in [0.2, 0.25) is 11.8 Å². The average molecular weight is 278 g/mol. The van der Waals surface area contributed by atoms with Crippen molar-refractivity contribution in [2.24, 2.45) is 0 Å². The molecular formula is C14H18N2O4. The van der Waals surface area contributed by atoms with E-state index in [1.54, 1.807) is 18.2 Å². The molecule has 2 amide bonds. The molecule has 0 spiro atoms. The van der Waals surface area contributed by atoms with Crippen molar-refractivity contribution in [2.45, 2.75) is 18.9 Å². The normalized spacial score (nSPS) is 18.3. The summed E-state index contributed by atoms with van der Waals surface area (Å²) in [6, 6.07) is 3.47. The summed E-state index contributed by atoms with van der Waals surface area (Å²) in [7, 11) is 0. The molecule has 2 N–H and O–H groups in total. The Morgan fingerprint density at radius 1 is 1.40 bits per heavy atom. The van der Waals surface area contributed by atoms with Crippen LogP contribution in [-0.2, 0) is 14.3 Å². The first-order valence-corrected chi connectivity index (χ1v) is 6.62. The number of ether oxygens (including phenoxy) is 1. The highest BCUT2D eigenvalue weighted by Crippen LogP contribution is 2.10. The first-order valence-electron chi connectivity index (χ1n) is 6.62. The second-order valence-electron chi connectivity index (χ2n) is 4.51. The summed E-state index contributed by atoms with van der Waals surface area (Å²) in [5, 5.41) is 5.23. The summed E-state index contributed by atoms with van der Waals surface area (Å²) in [6.45, 7) is 1.21. The molecule has 1 aromatic rings. The summed E-state index contributed by atoms with van der Waals surface area (Å²) in [4.78, 5) is 23.0. The van der Waals surface area contributed by atoms with Crippen LogP contribution in [0.25, 0.3) is 6.08 Å². The molecule has 0 aliphatic carbocycles. The summed E-state index contributed by atoms with van der Waals surface area (Å²) in [5.41, 5.74) is 0. The summed E-state index contributed by atoms with van der Waals surface area (Å²) in [6.07, 6.45) is 6.50. The molecule has 1 atom stereocenters. The molecule has 1 saturated heterocycles. The standard InChI is InChI=1S/C14H18N2O4/c17-13(6-5-11-3-1-7-19-11)16-10-14(18)15-9-12-4-2-8-20-12/h1,3,5-7,12H,2,4,8-10H2,(H,15,18)(H,16,17)/b6-5+. The highest BCUT2D eigenvalue weighted by Gasteiger charge is 2.15. The SMILES string of the molecule is O=C(/C=C/c1ccco1)NCC(=O)NCC1CCCO1. The highest BCUT2D eigenvalue weighted by molar-refractivity contribution is 5.93. The Morgan fingerprint density at radius 3 is 3.00 bits per heavy atom. The Labute approximate surface area is 117 Å². The molecule has 108 valence electrons. The van der Waals surface area contributed by atoms with Crippen LogP contribution in [0.5, 0.6) is 0 Å². The van der Waals surface area contributed by atoms with E-state index in [1.165, 1.54) is 12.3 Å². The maximum Gasteiger partial charge on any atom is 0.244 e. The highest BCUT2D eigenvalue weighted by atomic mass is 16.5. The molecule has 1 unspecified atom stereocenters. The molecular weight excluding hydrogens is 260 g/mol. The second-order valence-corrected chi connectivity index (χ2v) is 4.51. The molecule has 6 nitrogen and oxygen atoms in total. The quantitative estimate of drug-likeness (QED) is 0.751. The van der Waals surface area contributed by atoms with Gasteiger partial charge in [-0.3, -0.25) is 9.59 Å². The zero-order valence-electron chi connectivity index (χ0n) is 11.1. The van der Waals surface area contributed by atoms with Gasteiger partial charge >= 0.3 is 0 Å². The maximum absolute atomic E-state index is 11.5. The lowest BCUT2D eigenvalue weighted by Crippen LogP contribution is -2.39. The van der Waals surface area contributed by atoms with E-state index in [0.717, 1.165) is 19.4 Å². The lowest BCUT2D eigenvalue weighted by atomic mass is 10.2. The minimum Gasteiger partial charge on any atom is -0.465 e. The number of furan rings is 1. The number of hydrogen-bond acceptors (Lipinski definition) is 4. The Hall–Kier alpha value is -2.08. The van der Waals surface area contributed by atoms with Gasteiger partial charge in [0.1, 0.15) is 5.76 Å². The van der Waals surface area contributed by atoms with Crippen molar-refractivity contribution in [2.75, 3.05) is 19.7 Å². The van der Waals surface area contributed by atoms with Crippen LogP contribution >= 0.6 is 0 Å². The van der Waals surface area contributed by atoms with E-state index < -0.39 is 0 Å². The summed E-state index contributed by atoms with van der Waals surface area (Å²) < 4.78 is 10.4. The molecule has 1 fully saturated rings. The predicted octanol–water partition coefficient (Wildman–Crippen LogP) is 0.704. The molecule has 1 aliphatic heterocycles. The molecule has 0 bridgehead atoms. The fourth-order valence-corrected chi connectivity index (χ4v) is 1.87. The van der Waals surface area contributed by atoms with Crippen LogP contribution in [0, 0.1) is 0 Å². The van der Waals surface area contributed by atoms with Gasteiger partial charge in [0, 0.05) is 19.2 Å². The summed E-state index contributed by atoms with van der Waals surface area (Å²) in [5.74, 6) is 0.0249. The first kappa shape index (κ1) is 14.3. The van der Waals surface area contributed by atoms with Crippen molar-refractivity contribution in [3.63, 3.8) is 0 Å². The number of amides is 2. The van der Waals surface area contributed by atoms with Gasteiger partial charge < -0.3 is 19.8 Å². The van der Waals surface area contributed by atoms with Gasteiger partial charge in [0.15, 0.2) is 0 Å². The molecule has 0 radical (unpaired) electrons. The van der Waals surface area contributed by atoms with Crippen LogP contribution in [0.4, 0.5) is 0 Å². The van der Waals surface area contributed by atoms with Crippen molar-refractivity contribution < 1.29 is 18.7 Å². The molecule has 6 heteroatoms. The van der Waals surface area contributed by atoms with Crippen LogP contribution < -0.4 is 10.6 Å². The number of carbonyl (C=O) groups excluding carboxylic acids is 2. The third kappa shape index (κ3) is 4.89. The largest absolute Gasteiger partial charge is 0.465 e. The monoisotopic (exact) mass is 278 g/mol. The van der Waals surface area contributed by atoms with Crippen molar-refractivity contribution in [3.05, 3.63) is 30.2 Å². The smallest absolute Gasteiger partial charge is 0.244 e. The van der Waals surface area contributed by atoms with Gasteiger partial charge in [-0.05, 0) is 31.1 Å². The van der Waals surface area contributed by atoms with E-state index in [-0.39, 0.29) is 24.5 Å². The van der Waals surface area contributed by atoms with Crippen LogP contribution in [0.15, 0.2) is 28.9 Å². The average Bonchev–Trinajstić information content (AvgIpc) is 3.13. The third-order valence-electron chi connectivity index (χ3n) is 2.92.